The number of carboxylic acid groups (broad SMARTS) is 1. The van der Waals surface area contributed by atoms with Crippen molar-refractivity contribution in [2.45, 2.75) is 32.6 Å². The summed E-state index contributed by atoms with van der Waals surface area (Å²) in [7, 11) is 0. The number of primary amides is 2. The molecule has 0 fully saturated rings. The van der Waals surface area contributed by atoms with Crippen LogP contribution in [0.3, 0.4) is 0 Å². The van der Waals surface area contributed by atoms with Gasteiger partial charge in [0.2, 0.25) is 6.79 Å². The van der Waals surface area contributed by atoms with Gasteiger partial charge < -0.3 is 26.0 Å². The van der Waals surface area contributed by atoms with Gasteiger partial charge in [0.25, 0.3) is 0 Å². The molecule has 0 bridgehead atoms. The van der Waals surface area contributed by atoms with Crippen molar-refractivity contribution in [1.82, 2.24) is 4.98 Å². The topological polar surface area (TPSA) is 138 Å². The molecular formula is C17H21N3O5. The van der Waals surface area contributed by atoms with Gasteiger partial charge in [-0.05, 0) is 25.0 Å². The number of aromatic nitrogens is 1. The van der Waals surface area contributed by atoms with E-state index in [4.69, 9.17) is 14.3 Å². The van der Waals surface area contributed by atoms with Crippen molar-refractivity contribution < 1.29 is 24.2 Å². The first-order chi connectivity index (χ1) is 11.9. The first kappa shape index (κ1) is 18.3. The summed E-state index contributed by atoms with van der Waals surface area (Å²) in [5.74, 6) is 0.366. The molecule has 1 aromatic heterocycles. The largest absolute Gasteiger partial charge is 0.478 e. The van der Waals surface area contributed by atoms with Gasteiger partial charge in [0.15, 0.2) is 11.5 Å². The molecule has 0 atom stereocenters. The number of nitrogens with two attached hydrogens (primary N) is 2. The standard InChI is InChI=1S/C16H17NO4.CH4N2O/c1-2-3-4-5-12-11(16(18)19)6-10-7-14-15(21-9-20-14)8-13(10)17-12;2-1(3)4/h6-8H,2-5,9H2,1H3,(H,18,19);(H4,2,3,4). The highest BCUT2D eigenvalue weighted by Crippen LogP contribution is 2.36. The van der Waals surface area contributed by atoms with Crippen molar-refractivity contribution in [3.63, 3.8) is 0 Å². The summed E-state index contributed by atoms with van der Waals surface area (Å²) >= 11 is 0. The molecule has 134 valence electrons. The number of hydrogen-bond donors (Lipinski definition) is 3. The number of hydrogen-bond acceptors (Lipinski definition) is 5. The summed E-state index contributed by atoms with van der Waals surface area (Å²) in [5, 5.41) is 10.1. The van der Waals surface area contributed by atoms with Crippen LogP contribution < -0.4 is 20.9 Å². The summed E-state index contributed by atoms with van der Waals surface area (Å²) in [6.07, 6.45) is 3.79. The maximum Gasteiger partial charge on any atom is 0.337 e. The summed E-state index contributed by atoms with van der Waals surface area (Å²) in [4.78, 5) is 25.0. The number of unbranched alkanes of at least 4 members (excludes halogenated alkanes) is 2. The molecule has 8 heteroatoms. The van der Waals surface area contributed by atoms with Crippen LogP contribution in [0, 0.1) is 0 Å². The summed E-state index contributed by atoms with van der Waals surface area (Å²) in [5.41, 5.74) is 10.2. The number of carboxylic acids is 1. The highest BCUT2D eigenvalue weighted by Gasteiger charge is 2.18. The van der Waals surface area contributed by atoms with Crippen molar-refractivity contribution >= 4 is 22.9 Å². The normalized spacial score (nSPS) is 11.7. The van der Waals surface area contributed by atoms with Gasteiger partial charge in [-0.2, -0.15) is 0 Å². The second-order valence-corrected chi connectivity index (χ2v) is 5.55. The fourth-order valence-corrected chi connectivity index (χ4v) is 2.52. The number of rotatable bonds is 5. The van der Waals surface area contributed by atoms with Crippen LogP contribution in [0.1, 0.15) is 42.2 Å². The van der Waals surface area contributed by atoms with Gasteiger partial charge in [-0.25, -0.2) is 9.59 Å². The first-order valence-corrected chi connectivity index (χ1v) is 7.93. The Kier molecular flexibility index (Phi) is 5.99. The van der Waals surface area contributed by atoms with Crippen LogP contribution in [0.25, 0.3) is 10.9 Å². The summed E-state index contributed by atoms with van der Waals surface area (Å²) < 4.78 is 10.7. The number of benzene rings is 1. The van der Waals surface area contributed by atoms with E-state index in [0.29, 0.717) is 23.6 Å². The van der Waals surface area contributed by atoms with E-state index < -0.39 is 12.0 Å². The Morgan fingerprint density at radius 3 is 2.40 bits per heavy atom. The average molecular weight is 347 g/mol. The molecular weight excluding hydrogens is 326 g/mol. The van der Waals surface area contributed by atoms with Crippen LogP contribution in [0.15, 0.2) is 18.2 Å². The lowest BCUT2D eigenvalue weighted by Gasteiger charge is -2.08. The van der Waals surface area contributed by atoms with E-state index in [1.165, 1.54) is 0 Å². The lowest BCUT2D eigenvalue weighted by atomic mass is 10.0. The third-order valence-electron chi connectivity index (χ3n) is 3.64. The Morgan fingerprint density at radius 2 is 1.80 bits per heavy atom. The zero-order chi connectivity index (χ0) is 18.4. The molecule has 2 aromatic rings. The molecule has 3 rings (SSSR count). The zero-order valence-corrected chi connectivity index (χ0v) is 13.9. The van der Waals surface area contributed by atoms with E-state index in [-0.39, 0.29) is 12.4 Å². The van der Waals surface area contributed by atoms with Crippen LogP contribution in [-0.4, -0.2) is 28.9 Å². The van der Waals surface area contributed by atoms with E-state index >= 15 is 0 Å². The van der Waals surface area contributed by atoms with Gasteiger partial charge in [-0.1, -0.05) is 19.8 Å². The molecule has 8 nitrogen and oxygen atoms in total. The molecule has 0 spiro atoms. The monoisotopic (exact) mass is 347 g/mol. The van der Waals surface area contributed by atoms with E-state index in [1.807, 2.05) is 6.07 Å². The molecule has 1 aromatic carbocycles. The van der Waals surface area contributed by atoms with E-state index in [2.05, 4.69) is 23.4 Å². The van der Waals surface area contributed by atoms with Crippen molar-refractivity contribution in [2.75, 3.05) is 6.79 Å². The molecule has 0 radical (unpaired) electrons. The van der Waals surface area contributed by atoms with Gasteiger partial charge in [-0.15, -0.1) is 0 Å². The maximum absolute atomic E-state index is 11.4. The minimum absolute atomic E-state index is 0.195. The zero-order valence-electron chi connectivity index (χ0n) is 13.9. The number of pyridine rings is 1. The third-order valence-corrected chi connectivity index (χ3v) is 3.64. The Morgan fingerprint density at radius 1 is 1.16 bits per heavy atom. The van der Waals surface area contributed by atoms with E-state index in [1.54, 1.807) is 12.1 Å². The highest BCUT2D eigenvalue weighted by atomic mass is 16.7. The fourth-order valence-electron chi connectivity index (χ4n) is 2.52. The number of carbonyl (C=O) groups excluding carboxylic acids is 1. The second-order valence-electron chi connectivity index (χ2n) is 5.55. The van der Waals surface area contributed by atoms with Gasteiger partial charge in [0.1, 0.15) is 0 Å². The predicted octanol–water partition coefficient (Wildman–Crippen LogP) is 2.42. The average Bonchev–Trinajstić information content (AvgIpc) is 2.98. The van der Waals surface area contributed by atoms with Crippen molar-refractivity contribution in [3.8, 4) is 11.5 Å². The molecule has 1 aliphatic heterocycles. The molecule has 1 aliphatic rings. The predicted molar refractivity (Wildman–Crippen MR) is 91.8 cm³/mol. The van der Waals surface area contributed by atoms with E-state index in [0.717, 1.165) is 30.2 Å². The summed E-state index contributed by atoms with van der Waals surface area (Å²) in [6, 6.07) is 4.44. The van der Waals surface area contributed by atoms with Crippen LogP contribution in [0.5, 0.6) is 11.5 Å². The number of aromatic carboxylic acids is 1. The lowest BCUT2D eigenvalue weighted by Crippen LogP contribution is -2.18. The van der Waals surface area contributed by atoms with Gasteiger partial charge >= 0.3 is 12.0 Å². The first-order valence-electron chi connectivity index (χ1n) is 7.93. The fraction of sp³-hybridized carbons (Fsp3) is 0.353. The molecule has 0 saturated heterocycles. The molecule has 0 saturated carbocycles. The Labute approximate surface area is 144 Å². The maximum atomic E-state index is 11.4. The number of fused-ring (bicyclic) bond motifs is 2. The summed E-state index contributed by atoms with van der Waals surface area (Å²) in [6.45, 7) is 2.31. The van der Waals surface area contributed by atoms with Crippen molar-refractivity contribution in [2.24, 2.45) is 11.5 Å². The van der Waals surface area contributed by atoms with Gasteiger partial charge in [0, 0.05) is 11.5 Å². The molecule has 2 amide bonds. The number of urea groups is 1. The molecule has 0 aliphatic carbocycles. The number of carbonyl (C=O) groups is 2. The second kappa shape index (κ2) is 8.18. The number of aryl methyl sites for hydroxylation is 1. The van der Waals surface area contributed by atoms with Crippen molar-refractivity contribution in [1.29, 1.82) is 0 Å². The highest BCUT2D eigenvalue weighted by molar-refractivity contribution is 5.95. The molecule has 2 heterocycles. The third kappa shape index (κ3) is 4.72. The Balaban J connectivity index is 0.000000511. The Bertz CT molecular complexity index is 787. The minimum atomic E-state index is -0.937. The SMILES string of the molecule is CCCCCc1nc2cc3c(cc2cc1C(=O)O)OCO3.NC(N)=O. The van der Waals surface area contributed by atoms with Gasteiger partial charge in [-0.3, -0.25) is 4.98 Å². The van der Waals surface area contributed by atoms with Crippen LogP contribution >= 0.6 is 0 Å². The van der Waals surface area contributed by atoms with Gasteiger partial charge in [0.05, 0.1) is 16.8 Å². The van der Waals surface area contributed by atoms with Crippen LogP contribution in [0.4, 0.5) is 4.79 Å². The smallest absolute Gasteiger partial charge is 0.337 e. The van der Waals surface area contributed by atoms with Crippen LogP contribution in [0.2, 0.25) is 0 Å². The molecule has 25 heavy (non-hydrogen) atoms. The van der Waals surface area contributed by atoms with Crippen molar-refractivity contribution in [3.05, 3.63) is 29.5 Å². The number of amides is 2. The van der Waals surface area contributed by atoms with E-state index in [9.17, 15) is 9.90 Å². The number of ether oxygens (including phenoxy) is 2. The minimum Gasteiger partial charge on any atom is -0.478 e. The molecule has 5 N–H and O–H groups in total. The van der Waals surface area contributed by atoms with Crippen LogP contribution in [-0.2, 0) is 6.42 Å². The quantitative estimate of drug-likeness (QED) is 0.710. The molecule has 0 unspecified atom stereocenters. The lowest BCUT2D eigenvalue weighted by molar-refractivity contribution is 0.0695. The number of nitrogens with zero attached hydrogens (tertiary/aromatic N) is 1. The Hall–Kier alpha value is -3.03.